The number of rotatable bonds is 7. The molecular formula is C14H24N2OS. The van der Waals surface area contributed by atoms with Crippen LogP contribution in [0.5, 0.6) is 0 Å². The molecule has 0 bridgehead atoms. The van der Waals surface area contributed by atoms with Gasteiger partial charge in [-0.05, 0) is 54.1 Å². The zero-order valence-corrected chi connectivity index (χ0v) is 12.3. The van der Waals surface area contributed by atoms with Crippen LogP contribution in [0.15, 0.2) is 16.8 Å². The van der Waals surface area contributed by atoms with E-state index in [4.69, 9.17) is 5.73 Å². The molecule has 0 saturated heterocycles. The first kappa shape index (κ1) is 15.2. The van der Waals surface area contributed by atoms with Gasteiger partial charge in [0.15, 0.2) is 0 Å². The fourth-order valence-electron chi connectivity index (χ4n) is 1.89. The highest BCUT2D eigenvalue weighted by atomic mass is 32.1. The van der Waals surface area contributed by atoms with Gasteiger partial charge in [-0.3, -0.25) is 4.79 Å². The van der Waals surface area contributed by atoms with Gasteiger partial charge < -0.3 is 11.1 Å². The van der Waals surface area contributed by atoms with E-state index in [0.717, 1.165) is 12.8 Å². The Morgan fingerprint density at radius 3 is 2.78 bits per heavy atom. The van der Waals surface area contributed by atoms with Crippen molar-refractivity contribution in [1.82, 2.24) is 5.32 Å². The van der Waals surface area contributed by atoms with Gasteiger partial charge in [-0.25, -0.2) is 0 Å². The summed E-state index contributed by atoms with van der Waals surface area (Å²) in [4.78, 5) is 11.9. The van der Waals surface area contributed by atoms with E-state index in [9.17, 15) is 4.79 Å². The van der Waals surface area contributed by atoms with E-state index in [1.165, 1.54) is 5.56 Å². The third kappa shape index (κ3) is 5.19. The first-order valence-electron chi connectivity index (χ1n) is 6.46. The van der Waals surface area contributed by atoms with E-state index in [1.807, 2.05) is 18.4 Å². The van der Waals surface area contributed by atoms with Crippen molar-refractivity contribution in [3.05, 3.63) is 22.4 Å². The van der Waals surface area contributed by atoms with Gasteiger partial charge in [0.1, 0.15) is 0 Å². The Bertz CT molecular complexity index is 360. The molecule has 0 aromatic carbocycles. The molecule has 3 N–H and O–H groups in total. The first-order chi connectivity index (χ1) is 8.44. The van der Waals surface area contributed by atoms with Gasteiger partial charge in [0.05, 0.1) is 6.04 Å². The van der Waals surface area contributed by atoms with Crippen LogP contribution in [0.3, 0.4) is 0 Å². The zero-order valence-electron chi connectivity index (χ0n) is 11.5. The molecule has 0 aliphatic heterocycles. The zero-order chi connectivity index (χ0) is 13.6. The number of amides is 1. The monoisotopic (exact) mass is 268 g/mol. The number of hydrogen-bond donors (Lipinski definition) is 2. The van der Waals surface area contributed by atoms with Crippen molar-refractivity contribution in [2.75, 3.05) is 6.54 Å². The quantitative estimate of drug-likeness (QED) is 0.798. The van der Waals surface area contributed by atoms with Crippen molar-refractivity contribution in [3.63, 3.8) is 0 Å². The Labute approximate surface area is 114 Å². The number of thiophene rings is 1. The lowest BCUT2D eigenvalue weighted by atomic mass is 9.84. The highest BCUT2D eigenvalue weighted by molar-refractivity contribution is 7.07. The fourth-order valence-corrected chi connectivity index (χ4v) is 2.64. The van der Waals surface area contributed by atoms with Crippen molar-refractivity contribution in [3.8, 4) is 0 Å². The van der Waals surface area contributed by atoms with Crippen LogP contribution < -0.4 is 11.1 Å². The average molecular weight is 268 g/mol. The molecule has 1 amide bonds. The minimum absolute atomic E-state index is 0.0985. The van der Waals surface area contributed by atoms with E-state index >= 15 is 0 Å². The predicted octanol–water partition coefficient (Wildman–Crippen LogP) is 3.08. The molecule has 0 fully saturated rings. The minimum Gasteiger partial charge on any atom is -0.350 e. The molecule has 1 atom stereocenters. The maximum atomic E-state index is 11.9. The maximum absolute atomic E-state index is 11.9. The molecule has 1 unspecified atom stereocenters. The highest BCUT2D eigenvalue weighted by Crippen LogP contribution is 2.26. The van der Waals surface area contributed by atoms with Crippen LogP contribution in [0.1, 0.15) is 51.6 Å². The molecule has 0 aliphatic rings. The summed E-state index contributed by atoms with van der Waals surface area (Å²) < 4.78 is 0. The van der Waals surface area contributed by atoms with E-state index in [0.29, 0.717) is 13.0 Å². The molecule has 0 spiro atoms. The Morgan fingerprint density at radius 1 is 1.50 bits per heavy atom. The first-order valence-corrected chi connectivity index (χ1v) is 7.40. The Balaban J connectivity index is 2.34. The maximum Gasteiger partial charge on any atom is 0.220 e. The molecule has 4 heteroatoms. The van der Waals surface area contributed by atoms with Crippen LogP contribution in [-0.2, 0) is 4.79 Å². The van der Waals surface area contributed by atoms with Gasteiger partial charge in [0.2, 0.25) is 5.91 Å². The number of carbonyl (C=O) groups is 1. The second-order valence-corrected chi connectivity index (χ2v) is 6.33. The van der Waals surface area contributed by atoms with Crippen molar-refractivity contribution in [1.29, 1.82) is 0 Å². The minimum atomic E-state index is 0.0985. The van der Waals surface area contributed by atoms with Crippen LogP contribution in [0.4, 0.5) is 0 Å². The van der Waals surface area contributed by atoms with Gasteiger partial charge in [0.25, 0.3) is 0 Å². The Hall–Kier alpha value is -0.870. The molecule has 1 rings (SSSR count). The van der Waals surface area contributed by atoms with Crippen LogP contribution in [0.25, 0.3) is 0 Å². The van der Waals surface area contributed by atoms with E-state index in [-0.39, 0.29) is 17.4 Å². The van der Waals surface area contributed by atoms with Crippen molar-refractivity contribution < 1.29 is 4.79 Å². The standard InChI is InChI=1S/C14H24N2OS/c1-11(12-5-9-18-10-12)16-13(17)4-6-14(2,3)7-8-15/h5,9-11H,4,6-8,15H2,1-3H3,(H,16,17). The molecule has 0 radical (unpaired) electrons. The van der Waals surface area contributed by atoms with E-state index in [1.54, 1.807) is 11.3 Å². The van der Waals surface area contributed by atoms with Crippen LogP contribution >= 0.6 is 11.3 Å². The molecular weight excluding hydrogens is 244 g/mol. The highest BCUT2D eigenvalue weighted by Gasteiger charge is 2.19. The van der Waals surface area contributed by atoms with Crippen LogP contribution in [-0.4, -0.2) is 12.5 Å². The molecule has 1 aromatic heterocycles. The second kappa shape index (κ2) is 6.90. The Kier molecular flexibility index (Phi) is 5.82. The lowest BCUT2D eigenvalue weighted by molar-refractivity contribution is -0.122. The summed E-state index contributed by atoms with van der Waals surface area (Å²) in [6, 6.07) is 2.15. The largest absolute Gasteiger partial charge is 0.350 e. The van der Waals surface area contributed by atoms with E-state index in [2.05, 4.69) is 24.5 Å². The topological polar surface area (TPSA) is 55.1 Å². The second-order valence-electron chi connectivity index (χ2n) is 5.55. The number of nitrogens with one attached hydrogen (secondary N) is 1. The average Bonchev–Trinajstić information content (AvgIpc) is 2.80. The van der Waals surface area contributed by atoms with Crippen LogP contribution in [0.2, 0.25) is 0 Å². The van der Waals surface area contributed by atoms with Gasteiger partial charge in [-0.15, -0.1) is 0 Å². The summed E-state index contributed by atoms with van der Waals surface area (Å²) in [5.41, 5.74) is 6.89. The number of nitrogens with two attached hydrogens (primary N) is 1. The van der Waals surface area contributed by atoms with Gasteiger partial charge in [-0.2, -0.15) is 11.3 Å². The third-order valence-electron chi connectivity index (χ3n) is 3.27. The van der Waals surface area contributed by atoms with Crippen molar-refractivity contribution in [2.24, 2.45) is 11.1 Å². The van der Waals surface area contributed by atoms with Crippen molar-refractivity contribution in [2.45, 2.75) is 46.1 Å². The Morgan fingerprint density at radius 2 is 2.22 bits per heavy atom. The lowest BCUT2D eigenvalue weighted by Gasteiger charge is -2.23. The molecule has 3 nitrogen and oxygen atoms in total. The van der Waals surface area contributed by atoms with E-state index < -0.39 is 0 Å². The van der Waals surface area contributed by atoms with Crippen molar-refractivity contribution >= 4 is 17.2 Å². The predicted molar refractivity (Wildman–Crippen MR) is 77.6 cm³/mol. The molecule has 0 saturated carbocycles. The van der Waals surface area contributed by atoms with Gasteiger partial charge >= 0.3 is 0 Å². The summed E-state index contributed by atoms with van der Waals surface area (Å²) >= 11 is 1.65. The summed E-state index contributed by atoms with van der Waals surface area (Å²) in [5, 5.41) is 7.14. The summed E-state index contributed by atoms with van der Waals surface area (Å²) in [6.45, 7) is 7.02. The molecule has 0 aliphatic carbocycles. The summed E-state index contributed by atoms with van der Waals surface area (Å²) in [5.74, 6) is 0.124. The number of carbonyl (C=O) groups excluding carboxylic acids is 1. The smallest absolute Gasteiger partial charge is 0.220 e. The summed E-state index contributed by atoms with van der Waals surface area (Å²) in [7, 11) is 0. The lowest BCUT2D eigenvalue weighted by Crippen LogP contribution is -2.28. The summed E-state index contributed by atoms with van der Waals surface area (Å²) in [6.07, 6.45) is 2.41. The fraction of sp³-hybridized carbons (Fsp3) is 0.643. The van der Waals surface area contributed by atoms with Gasteiger partial charge in [-0.1, -0.05) is 13.8 Å². The number of hydrogen-bond acceptors (Lipinski definition) is 3. The molecule has 102 valence electrons. The van der Waals surface area contributed by atoms with Gasteiger partial charge in [0, 0.05) is 6.42 Å². The third-order valence-corrected chi connectivity index (χ3v) is 3.97. The molecule has 1 aromatic rings. The molecule has 18 heavy (non-hydrogen) atoms. The molecule has 1 heterocycles. The SMILES string of the molecule is CC(NC(=O)CCC(C)(C)CCN)c1ccsc1. The normalized spacial score (nSPS) is 13.3. The van der Waals surface area contributed by atoms with Crippen LogP contribution in [0, 0.1) is 5.41 Å².